The van der Waals surface area contributed by atoms with Crippen molar-refractivity contribution in [3.8, 4) is 17.2 Å². The highest BCUT2D eigenvalue weighted by Crippen LogP contribution is 2.22. The van der Waals surface area contributed by atoms with Crippen molar-refractivity contribution in [3.05, 3.63) is 36.2 Å². The highest BCUT2D eigenvalue weighted by Gasteiger charge is 2.08. The van der Waals surface area contributed by atoms with Crippen LogP contribution in [0.4, 0.5) is 0 Å². The highest BCUT2D eigenvalue weighted by atomic mass is 16.5. The summed E-state index contributed by atoms with van der Waals surface area (Å²) in [5.74, 6) is 2.04. The number of ether oxygens (including phenoxy) is 1. The molecule has 1 atom stereocenters. The molecule has 4 heteroatoms. The lowest BCUT2D eigenvalue weighted by molar-refractivity contribution is 0.187. The van der Waals surface area contributed by atoms with Crippen molar-refractivity contribution in [1.82, 2.24) is 4.98 Å². The summed E-state index contributed by atoms with van der Waals surface area (Å²) in [6.07, 6.45) is 1.70. The van der Waals surface area contributed by atoms with E-state index in [0.29, 0.717) is 18.1 Å². The zero-order valence-corrected chi connectivity index (χ0v) is 9.88. The third-order valence-corrected chi connectivity index (χ3v) is 2.39. The summed E-state index contributed by atoms with van der Waals surface area (Å²) >= 11 is 0. The Morgan fingerprint density at radius 2 is 2.06 bits per heavy atom. The molecule has 0 spiro atoms. The first-order chi connectivity index (χ1) is 8.19. The predicted octanol–water partition coefficient (Wildman–Crippen LogP) is 2.27. The molecule has 17 heavy (non-hydrogen) atoms. The largest absolute Gasteiger partial charge is 0.497 e. The Balaban J connectivity index is 2.18. The van der Waals surface area contributed by atoms with E-state index in [-0.39, 0.29) is 0 Å². The number of aliphatic hydroxyl groups excluding tert-OH is 1. The van der Waals surface area contributed by atoms with E-state index in [1.807, 2.05) is 24.3 Å². The Kier molecular flexibility index (Phi) is 3.44. The molecule has 0 saturated heterocycles. The van der Waals surface area contributed by atoms with Gasteiger partial charge in [-0.05, 0) is 31.2 Å². The lowest BCUT2D eigenvalue weighted by Gasteiger charge is -2.00. The Morgan fingerprint density at radius 1 is 1.35 bits per heavy atom. The topological polar surface area (TPSA) is 55.5 Å². The van der Waals surface area contributed by atoms with Crippen LogP contribution in [0.15, 0.2) is 34.9 Å². The van der Waals surface area contributed by atoms with Crippen LogP contribution in [0, 0.1) is 0 Å². The van der Waals surface area contributed by atoms with Crippen molar-refractivity contribution in [1.29, 1.82) is 0 Å². The minimum atomic E-state index is -0.424. The number of nitrogens with zero attached hydrogens (tertiary/aromatic N) is 1. The van der Waals surface area contributed by atoms with E-state index in [9.17, 15) is 5.11 Å². The van der Waals surface area contributed by atoms with Crippen LogP contribution < -0.4 is 4.74 Å². The first kappa shape index (κ1) is 11.7. The molecule has 2 aromatic rings. The summed E-state index contributed by atoms with van der Waals surface area (Å²) in [6, 6.07) is 7.48. The molecule has 1 heterocycles. The van der Waals surface area contributed by atoms with Crippen molar-refractivity contribution >= 4 is 0 Å². The molecule has 0 aliphatic heterocycles. The van der Waals surface area contributed by atoms with Gasteiger partial charge in [0.15, 0.2) is 0 Å². The number of methoxy groups -OCH3 is 1. The number of oxazole rings is 1. The molecule has 0 aliphatic carbocycles. The second kappa shape index (κ2) is 5.01. The maximum atomic E-state index is 9.25. The number of benzene rings is 1. The summed E-state index contributed by atoms with van der Waals surface area (Å²) in [5, 5.41) is 9.25. The molecule has 4 nitrogen and oxygen atoms in total. The standard InChI is InChI=1S/C13H15NO3/c1-9(15)7-12-8-14-13(17-12)10-3-5-11(16-2)6-4-10/h3-6,8-9,15H,7H2,1-2H3. The maximum absolute atomic E-state index is 9.25. The van der Waals surface area contributed by atoms with Gasteiger partial charge in [0.2, 0.25) is 5.89 Å². The van der Waals surface area contributed by atoms with E-state index < -0.39 is 6.10 Å². The van der Waals surface area contributed by atoms with Gasteiger partial charge in [-0.15, -0.1) is 0 Å². The van der Waals surface area contributed by atoms with Crippen LogP contribution in [-0.4, -0.2) is 23.3 Å². The van der Waals surface area contributed by atoms with E-state index in [4.69, 9.17) is 9.15 Å². The molecular weight excluding hydrogens is 218 g/mol. The molecule has 0 bridgehead atoms. The molecule has 2 rings (SSSR count). The third kappa shape index (κ3) is 2.85. The summed E-state index contributed by atoms with van der Waals surface area (Å²) in [6.45, 7) is 1.72. The van der Waals surface area contributed by atoms with Gasteiger partial charge in [-0.1, -0.05) is 0 Å². The zero-order valence-electron chi connectivity index (χ0n) is 9.88. The molecule has 0 radical (unpaired) electrons. The van der Waals surface area contributed by atoms with Gasteiger partial charge in [0.05, 0.1) is 19.4 Å². The normalized spacial score (nSPS) is 12.4. The molecule has 0 aliphatic rings. The average Bonchev–Trinajstić information content (AvgIpc) is 2.77. The molecule has 0 fully saturated rings. The van der Waals surface area contributed by atoms with Crippen LogP contribution in [0.2, 0.25) is 0 Å². The van der Waals surface area contributed by atoms with Crippen LogP contribution in [-0.2, 0) is 6.42 Å². The molecule has 90 valence electrons. The van der Waals surface area contributed by atoms with Crippen molar-refractivity contribution in [2.75, 3.05) is 7.11 Å². The first-order valence-electron chi connectivity index (χ1n) is 5.46. The van der Waals surface area contributed by atoms with E-state index in [1.165, 1.54) is 0 Å². The highest BCUT2D eigenvalue weighted by molar-refractivity contribution is 5.54. The van der Waals surface area contributed by atoms with Gasteiger partial charge in [0.1, 0.15) is 11.5 Å². The van der Waals surface area contributed by atoms with E-state index in [1.54, 1.807) is 20.2 Å². The van der Waals surface area contributed by atoms with Gasteiger partial charge >= 0.3 is 0 Å². The SMILES string of the molecule is COc1ccc(-c2ncc(CC(C)O)o2)cc1. The number of aromatic nitrogens is 1. The predicted molar refractivity (Wildman–Crippen MR) is 63.9 cm³/mol. The summed E-state index contributed by atoms with van der Waals surface area (Å²) in [5.41, 5.74) is 0.891. The molecule has 0 saturated carbocycles. The fourth-order valence-electron chi connectivity index (χ4n) is 1.56. The Hall–Kier alpha value is -1.81. The monoisotopic (exact) mass is 233 g/mol. The minimum Gasteiger partial charge on any atom is -0.497 e. The van der Waals surface area contributed by atoms with Gasteiger partial charge < -0.3 is 14.3 Å². The van der Waals surface area contributed by atoms with E-state index in [0.717, 1.165) is 11.3 Å². The first-order valence-corrected chi connectivity index (χ1v) is 5.46. The number of hydrogen-bond acceptors (Lipinski definition) is 4. The summed E-state index contributed by atoms with van der Waals surface area (Å²) in [7, 11) is 1.63. The smallest absolute Gasteiger partial charge is 0.226 e. The molecule has 1 aromatic heterocycles. The second-order valence-electron chi connectivity index (χ2n) is 3.91. The van der Waals surface area contributed by atoms with Crippen molar-refractivity contribution in [2.45, 2.75) is 19.4 Å². The average molecular weight is 233 g/mol. The lowest BCUT2D eigenvalue weighted by atomic mass is 10.2. The van der Waals surface area contributed by atoms with Crippen molar-refractivity contribution < 1.29 is 14.3 Å². The van der Waals surface area contributed by atoms with Crippen LogP contribution >= 0.6 is 0 Å². The van der Waals surface area contributed by atoms with E-state index in [2.05, 4.69) is 4.98 Å². The molecule has 1 N–H and O–H groups in total. The van der Waals surface area contributed by atoms with Gasteiger partial charge in [-0.2, -0.15) is 0 Å². The Labute approximate surface area is 99.9 Å². The van der Waals surface area contributed by atoms with Crippen molar-refractivity contribution in [2.24, 2.45) is 0 Å². The Bertz CT molecular complexity index is 474. The maximum Gasteiger partial charge on any atom is 0.226 e. The zero-order chi connectivity index (χ0) is 12.3. The quantitative estimate of drug-likeness (QED) is 0.880. The number of hydrogen-bond donors (Lipinski definition) is 1. The Morgan fingerprint density at radius 3 is 2.65 bits per heavy atom. The third-order valence-electron chi connectivity index (χ3n) is 2.39. The fourth-order valence-corrected chi connectivity index (χ4v) is 1.56. The minimum absolute atomic E-state index is 0.424. The van der Waals surface area contributed by atoms with E-state index >= 15 is 0 Å². The van der Waals surface area contributed by atoms with Gasteiger partial charge in [-0.25, -0.2) is 4.98 Å². The summed E-state index contributed by atoms with van der Waals surface area (Å²) in [4.78, 5) is 4.18. The molecule has 1 unspecified atom stereocenters. The van der Waals surface area contributed by atoms with Gasteiger partial charge in [0.25, 0.3) is 0 Å². The molecule has 1 aromatic carbocycles. The number of aliphatic hydroxyl groups is 1. The van der Waals surface area contributed by atoms with Gasteiger partial charge in [-0.3, -0.25) is 0 Å². The summed E-state index contributed by atoms with van der Waals surface area (Å²) < 4.78 is 10.6. The molecular formula is C13H15NO3. The second-order valence-corrected chi connectivity index (χ2v) is 3.91. The fraction of sp³-hybridized carbons (Fsp3) is 0.308. The van der Waals surface area contributed by atoms with Crippen LogP contribution in [0.25, 0.3) is 11.5 Å². The van der Waals surface area contributed by atoms with Crippen LogP contribution in [0.1, 0.15) is 12.7 Å². The van der Waals surface area contributed by atoms with Crippen LogP contribution in [0.5, 0.6) is 5.75 Å². The number of rotatable bonds is 4. The van der Waals surface area contributed by atoms with Crippen LogP contribution in [0.3, 0.4) is 0 Å². The lowest BCUT2D eigenvalue weighted by Crippen LogP contribution is -2.02. The molecule has 0 amide bonds. The van der Waals surface area contributed by atoms with Crippen molar-refractivity contribution in [3.63, 3.8) is 0 Å². The van der Waals surface area contributed by atoms with Gasteiger partial charge in [0, 0.05) is 12.0 Å².